The molecule has 124 valence electrons. The molecule has 2 rings (SSSR count). The highest BCUT2D eigenvalue weighted by Crippen LogP contribution is 2.35. The molecule has 1 unspecified atom stereocenters. The van der Waals surface area contributed by atoms with Crippen LogP contribution in [0.4, 0.5) is 0 Å². The number of aliphatic hydroxyl groups excluding tert-OH is 1. The number of piperidine rings is 1. The molecule has 0 bridgehead atoms. The molecule has 2 heterocycles. The van der Waals surface area contributed by atoms with E-state index < -0.39 is 0 Å². The lowest BCUT2D eigenvalue weighted by atomic mass is 9.77. The Morgan fingerprint density at radius 2 is 2.05 bits per heavy atom. The third-order valence-electron chi connectivity index (χ3n) is 5.42. The van der Waals surface area contributed by atoms with Crippen LogP contribution in [-0.4, -0.2) is 45.8 Å². The summed E-state index contributed by atoms with van der Waals surface area (Å²) >= 11 is 0. The number of aliphatic hydroxyl groups is 1. The lowest BCUT2D eigenvalue weighted by molar-refractivity contribution is -0.134. The lowest BCUT2D eigenvalue weighted by Crippen LogP contribution is -2.44. The number of carbonyl (C=O) groups excluding carboxylic acids is 1. The summed E-state index contributed by atoms with van der Waals surface area (Å²) in [7, 11) is 0. The van der Waals surface area contributed by atoms with Crippen molar-refractivity contribution in [1.82, 2.24) is 15.1 Å². The number of likely N-dealkylation sites (tertiary alicyclic amines) is 1. The van der Waals surface area contributed by atoms with Crippen LogP contribution < -0.4 is 0 Å². The van der Waals surface area contributed by atoms with E-state index in [-0.39, 0.29) is 23.8 Å². The summed E-state index contributed by atoms with van der Waals surface area (Å²) in [5, 5.41) is 16.8. The number of aromatic nitrogens is 2. The average molecular weight is 307 g/mol. The van der Waals surface area contributed by atoms with Crippen LogP contribution >= 0.6 is 0 Å². The third kappa shape index (κ3) is 3.35. The molecule has 0 aliphatic carbocycles. The molecule has 1 aliphatic rings. The van der Waals surface area contributed by atoms with E-state index in [0.29, 0.717) is 6.42 Å². The third-order valence-corrected chi connectivity index (χ3v) is 5.42. The summed E-state index contributed by atoms with van der Waals surface area (Å²) in [5.74, 6) is 0.400. The zero-order valence-electron chi connectivity index (χ0n) is 14.3. The van der Waals surface area contributed by atoms with Crippen molar-refractivity contribution >= 4 is 5.91 Å². The highest BCUT2D eigenvalue weighted by atomic mass is 16.3. The van der Waals surface area contributed by atoms with Gasteiger partial charge in [0.15, 0.2) is 0 Å². The van der Waals surface area contributed by atoms with E-state index >= 15 is 0 Å². The van der Waals surface area contributed by atoms with Crippen LogP contribution in [-0.2, 0) is 4.79 Å². The standard InChI is InChI=1S/C17H29N3O2/c1-5-17(11-21)6-8-20(9-7-17)15(22)10-12(2)16-13(3)18-19-14(16)4/h12,21H,5-11H2,1-4H3,(H,18,19). The van der Waals surface area contributed by atoms with Crippen LogP contribution in [0.2, 0.25) is 0 Å². The Kier molecular flexibility index (Phi) is 5.27. The molecule has 0 radical (unpaired) electrons. The smallest absolute Gasteiger partial charge is 0.223 e. The maximum Gasteiger partial charge on any atom is 0.223 e. The van der Waals surface area contributed by atoms with Gasteiger partial charge in [-0.1, -0.05) is 13.8 Å². The van der Waals surface area contributed by atoms with E-state index in [0.717, 1.165) is 43.7 Å². The SMILES string of the molecule is CCC1(CO)CCN(C(=O)CC(C)c2c(C)n[nH]c2C)CC1. The topological polar surface area (TPSA) is 69.2 Å². The van der Waals surface area contributed by atoms with E-state index in [1.807, 2.05) is 18.7 Å². The molecule has 1 atom stereocenters. The lowest BCUT2D eigenvalue weighted by Gasteiger charge is -2.40. The summed E-state index contributed by atoms with van der Waals surface area (Å²) < 4.78 is 0. The highest BCUT2D eigenvalue weighted by Gasteiger charge is 2.34. The second-order valence-corrected chi connectivity index (χ2v) is 6.85. The Morgan fingerprint density at radius 3 is 2.50 bits per heavy atom. The van der Waals surface area contributed by atoms with Crippen LogP contribution in [0.5, 0.6) is 0 Å². The predicted molar refractivity (Wildman–Crippen MR) is 86.7 cm³/mol. The number of amides is 1. The molecule has 0 spiro atoms. The van der Waals surface area contributed by atoms with E-state index in [1.165, 1.54) is 5.56 Å². The second kappa shape index (κ2) is 6.82. The Morgan fingerprint density at radius 1 is 1.41 bits per heavy atom. The normalized spacial score (nSPS) is 19.2. The number of H-pyrrole nitrogens is 1. The molecule has 0 saturated carbocycles. The van der Waals surface area contributed by atoms with E-state index in [2.05, 4.69) is 24.0 Å². The minimum absolute atomic E-state index is 0.0279. The number of aromatic amines is 1. The van der Waals surface area contributed by atoms with Crippen molar-refractivity contribution in [3.05, 3.63) is 17.0 Å². The average Bonchev–Trinajstić information content (AvgIpc) is 2.86. The van der Waals surface area contributed by atoms with E-state index in [1.54, 1.807) is 0 Å². The molecule has 0 aromatic carbocycles. The quantitative estimate of drug-likeness (QED) is 0.878. The largest absolute Gasteiger partial charge is 0.396 e. The van der Waals surface area contributed by atoms with Crippen LogP contribution in [0, 0.1) is 19.3 Å². The van der Waals surface area contributed by atoms with Gasteiger partial charge in [0.25, 0.3) is 0 Å². The fraction of sp³-hybridized carbons (Fsp3) is 0.765. The molecule has 1 aromatic heterocycles. The van der Waals surface area contributed by atoms with Crippen LogP contribution in [0.1, 0.15) is 62.4 Å². The van der Waals surface area contributed by atoms with Gasteiger partial charge in [0.05, 0.1) is 5.69 Å². The highest BCUT2D eigenvalue weighted by molar-refractivity contribution is 5.77. The van der Waals surface area contributed by atoms with Crippen molar-refractivity contribution in [2.75, 3.05) is 19.7 Å². The number of hydrogen-bond donors (Lipinski definition) is 2. The van der Waals surface area contributed by atoms with Gasteiger partial charge in [0.2, 0.25) is 5.91 Å². The number of carbonyl (C=O) groups is 1. The van der Waals surface area contributed by atoms with Gasteiger partial charge in [-0.15, -0.1) is 0 Å². The van der Waals surface area contributed by atoms with Crippen LogP contribution in [0.15, 0.2) is 0 Å². The molecule has 1 aromatic rings. The van der Waals surface area contributed by atoms with Crippen molar-refractivity contribution in [3.63, 3.8) is 0 Å². The van der Waals surface area contributed by atoms with Crippen LogP contribution in [0.25, 0.3) is 0 Å². The zero-order valence-corrected chi connectivity index (χ0v) is 14.3. The Balaban J connectivity index is 1.94. The maximum atomic E-state index is 12.5. The minimum atomic E-state index is 0.0279. The van der Waals surface area contributed by atoms with Gasteiger partial charge < -0.3 is 10.0 Å². The fourth-order valence-electron chi connectivity index (χ4n) is 3.63. The van der Waals surface area contributed by atoms with Gasteiger partial charge in [-0.05, 0) is 50.0 Å². The van der Waals surface area contributed by atoms with Crippen LogP contribution in [0.3, 0.4) is 0 Å². The van der Waals surface area contributed by atoms with Crippen molar-refractivity contribution in [3.8, 4) is 0 Å². The summed E-state index contributed by atoms with van der Waals surface area (Å²) in [5.41, 5.74) is 3.24. The fourth-order valence-corrected chi connectivity index (χ4v) is 3.63. The first-order valence-corrected chi connectivity index (χ1v) is 8.32. The number of hydrogen-bond acceptors (Lipinski definition) is 3. The van der Waals surface area contributed by atoms with Gasteiger partial charge in [-0.25, -0.2) is 0 Å². The van der Waals surface area contributed by atoms with Gasteiger partial charge in [-0.2, -0.15) is 5.10 Å². The monoisotopic (exact) mass is 307 g/mol. The van der Waals surface area contributed by atoms with Crippen molar-refractivity contribution in [1.29, 1.82) is 0 Å². The zero-order chi connectivity index (χ0) is 16.3. The van der Waals surface area contributed by atoms with Gasteiger partial charge >= 0.3 is 0 Å². The number of rotatable bonds is 5. The molecule has 5 heteroatoms. The molecule has 5 nitrogen and oxygen atoms in total. The minimum Gasteiger partial charge on any atom is -0.396 e. The predicted octanol–water partition coefficient (Wildman–Crippen LogP) is 2.53. The Bertz CT molecular complexity index is 490. The van der Waals surface area contributed by atoms with Crippen molar-refractivity contribution in [2.24, 2.45) is 5.41 Å². The first-order valence-electron chi connectivity index (χ1n) is 8.32. The number of aryl methyl sites for hydroxylation is 2. The second-order valence-electron chi connectivity index (χ2n) is 6.85. The molecule has 1 amide bonds. The maximum absolute atomic E-state index is 12.5. The number of nitrogens with one attached hydrogen (secondary N) is 1. The Labute approximate surface area is 133 Å². The molecule has 1 saturated heterocycles. The summed E-state index contributed by atoms with van der Waals surface area (Å²) in [4.78, 5) is 14.5. The van der Waals surface area contributed by atoms with Crippen molar-refractivity contribution in [2.45, 2.75) is 59.3 Å². The molecule has 1 aliphatic heterocycles. The molecular formula is C17H29N3O2. The first kappa shape index (κ1) is 17.0. The Hall–Kier alpha value is -1.36. The first-order chi connectivity index (χ1) is 10.4. The molecule has 2 N–H and O–H groups in total. The summed E-state index contributed by atoms with van der Waals surface area (Å²) in [6.45, 7) is 9.98. The molecule has 22 heavy (non-hydrogen) atoms. The summed E-state index contributed by atoms with van der Waals surface area (Å²) in [6.07, 6.45) is 3.32. The van der Waals surface area contributed by atoms with E-state index in [9.17, 15) is 9.90 Å². The number of nitrogens with zero attached hydrogens (tertiary/aromatic N) is 2. The van der Waals surface area contributed by atoms with Gasteiger partial charge in [-0.3, -0.25) is 9.89 Å². The molecule has 1 fully saturated rings. The van der Waals surface area contributed by atoms with Crippen molar-refractivity contribution < 1.29 is 9.90 Å². The van der Waals surface area contributed by atoms with Gasteiger partial charge in [0.1, 0.15) is 0 Å². The van der Waals surface area contributed by atoms with E-state index in [4.69, 9.17) is 0 Å². The molecular weight excluding hydrogens is 278 g/mol. The summed E-state index contributed by atoms with van der Waals surface area (Å²) in [6, 6.07) is 0. The van der Waals surface area contributed by atoms with Gasteiger partial charge in [0, 0.05) is 31.8 Å².